The van der Waals surface area contributed by atoms with E-state index < -0.39 is 0 Å². The predicted molar refractivity (Wildman–Crippen MR) is 119 cm³/mol. The van der Waals surface area contributed by atoms with Gasteiger partial charge in [-0.15, -0.1) is 11.3 Å². The number of halogens is 1. The molecule has 1 amide bonds. The van der Waals surface area contributed by atoms with E-state index in [0.29, 0.717) is 17.9 Å². The van der Waals surface area contributed by atoms with E-state index in [2.05, 4.69) is 4.98 Å². The normalized spacial score (nSPS) is 15.8. The molecule has 5 nitrogen and oxygen atoms in total. The van der Waals surface area contributed by atoms with Crippen LogP contribution in [-0.2, 0) is 17.6 Å². The SMILES string of the molecule is COc1ccc(-c2nc(CC(=O)N3CCCC3Cc3cccc(F)c3)cs2)cc1OC. The lowest BCUT2D eigenvalue weighted by atomic mass is 10.0. The molecule has 0 bridgehead atoms. The number of aromatic nitrogens is 1. The van der Waals surface area contributed by atoms with E-state index in [0.717, 1.165) is 41.2 Å². The fraction of sp³-hybridized carbons (Fsp3) is 0.333. The van der Waals surface area contributed by atoms with Crippen molar-refractivity contribution in [1.82, 2.24) is 9.88 Å². The highest BCUT2D eigenvalue weighted by Crippen LogP contribution is 2.33. The molecule has 1 fully saturated rings. The minimum absolute atomic E-state index is 0.0723. The first-order chi connectivity index (χ1) is 15.1. The first kappa shape index (κ1) is 21.3. The topological polar surface area (TPSA) is 51.7 Å². The lowest BCUT2D eigenvalue weighted by molar-refractivity contribution is -0.131. The molecule has 1 aromatic heterocycles. The van der Waals surface area contributed by atoms with E-state index in [1.807, 2.05) is 34.5 Å². The first-order valence-electron chi connectivity index (χ1n) is 10.3. The van der Waals surface area contributed by atoms with E-state index in [9.17, 15) is 9.18 Å². The summed E-state index contributed by atoms with van der Waals surface area (Å²) >= 11 is 1.50. The highest BCUT2D eigenvalue weighted by atomic mass is 32.1. The molecular formula is C24H25FN2O3S. The summed E-state index contributed by atoms with van der Waals surface area (Å²) < 4.78 is 24.2. The molecule has 2 aromatic carbocycles. The maximum absolute atomic E-state index is 13.5. The van der Waals surface area contributed by atoms with Gasteiger partial charge in [0.15, 0.2) is 11.5 Å². The number of hydrogen-bond acceptors (Lipinski definition) is 5. The summed E-state index contributed by atoms with van der Waals surface area (Å²) in [7, 11) is 3.20. The van der Waals surface area contributed by atoms with Crippen molar-refractivity contribution in [2.24, 2.45) is 0 Å². The largest absolute Gasteiger partial charge is 0.493 e. The number of carbonyl (C=O) groups is 1. The molecule has 31 heavy (non-hydrogen) atoms. The van der Waals surface area contributed by atoms with Crippen LogP contribution in [0.15, 0.2) is 47.8 Å². The molecule has 0 radical (unpaired) electrons. The number of hydrogen-bond donors (Lipinski definition) is 0. The summed E-state index contributed by atoms with van der Waals surface area (Å²) in [6.45, 7) is 0.742. The number of nitrogens with zero attached hydrogens (tertiary/aromatic N) is 2. The van der Waals surface area contributed by atoms with E-state index in [1.54, 1.807) is 26.4 Å². The van der Waals surface area contributed by atoms with E-state index in [-0.39, 0.29) is 24.2 Å². The van der Waals surface area contributed by atoms with Gasteiger partial charge in [0.05, 0.1) is 26.3 Å². The summed E-state index contributed by atoms with van der Waals surface area (Å²) in [6, 6.07) is 12.4. The van der Waals surface area contributed by atoms with Crippen LogP contribution < -0.4 is 9.47 Å². The van der Waals surface area contributed by atoms with Gasteiger partial charge in [-0.3, -0.25) is 4.79 Å². The lowest BCUT2D eigenvalue weighted by Crippen LogP contribution is -2.37. The van der Waals surface area contributed by atoms with Crippen LogP contribution in [0.5, 0.6) is 11.5 Å². The number of likely N-dealkylation sites (tertiary alicyclic amines) is 1. The number of methoxy groups -OCH3 is 2. The predicted octanol–water partition coefficient (Wildman–Crippen LogP) is 4.74. The van der Waals surface area contributed by atoms with Crippen molar-refractivity contribution < 1.29 is 18.7 Å². The van der Waals surface area contributed by atoms with Crippen molar-refractivity contribution in [1.29, 1.82) is 0 Å². The van der Waals surface area contributed by atoms with Gasteiger partial charge in [-0.05, 0) is 55.2 Å². The minimum Gasteiger partial charge on any atom is -0.493 e. The van der Waals surface area contributed by atoms with Crippen LogP contribution in [0.3, 0.4) is 0 Å². The Hall–Kier alpha value is -2.93. The zero-order valence-electron chi connectivity index (χ0n) is 17.6. The van der Waals surface area contributed by atoms with Gasteiger partial charge < -0.3 is 14.4 Å². The van der Waals surface area contributed by atoms with Crippen molar-refractivity contribution >= 4 is 17.2 Å². The van der Waals surface area contributed by atoms with Gasteiger partial charge in [-0.25, -0.2) is 9.37 Å². The maximum Gasteiger partial charge on any atom is 0.228 e. The third kappa shape index (κ3) is 4.88. The standard InChI is InChI=1S/C24H25FN2O3S/c1-29-21-9-8-17(13-22(21)30-2)24-26-19(15-31-24)14-23(28)27-10-4-7-20(27)12-16-5-3-6-18(25)11-16/h3,5-6,8-9,11,13,15,20H,4,7,10,12,14H2,1-2H3. The molecule has 0 aliphatic carbocycles. The monoisotopic (exact) mass is 440 g/mol. The Morgan fingerprint density at radius 2 is 2.03 bits per heavy atom. The van der Waals surface area contributed by atoms with E-state index in [1.165, 1.54) is 17.4 Å². The van der Waals surface area contributed by atoms with Crippen molar-refractivity contribution in [2.45, 2.75) is 31.7 Å². The molecule has 0 spiro atoms. The molecule has 2 heterocycles. The van der Waals surface area contributed by atoms with E-state index >= 15 is 0 Å². The molecule has 0 N–H and O–H groups in total. The quantitative estimate of drug-likeness (QED) is 0.532. The maximum atomic E-state index is 13.5. The Balaban J connectivity index is 1.44. The number of ether oxygens (including phenoxy) is 2. The summed E-state index contributed by atoms with van der Waals surface area (Å²) in [5.41, 5.74) is 2.61. The fourth-order valence-electron chi connectivity index (χ4n) is 4.06. The summed E-state index contributed by atoms with van der Waals surface area (Å²) in [4.78, 5) is 19.6. The molecule has 1 aliphatic heterocycles. The molecular weight excluding hydrogens is 415 g/mol. The lowest BCUT2D eigenvalue weighted by Gasteiger charge is -2.24. The smallest absolute Gasteiger partial charge is 0.228 e. The number of rotatable bonds is 7. The Kier molecular flexibility index (Phi) is 6.51. The van der Waals surface area contributed by atoms with Crippen LogP contribution in [0.25, 0.3) is 10.6 Å². The van der Waals surface area contributed by atoms with Crippen LogP contribution in [-0.4, -0.2) is 42.6 Å². The average molecular weight is 441 g/mol. The Bertz CT molecular complexity index is 1070. The fourth-order valence-corrected chi connectivity index (χ4v) is 4.88. The van der Waals surface area contributed by atoms with Gasteiger partial charge >= 0.3 is 0 Å². The second-order valence-electron chi connectivity index (χ2n) is 7.61. The van der Waals surface area contributed by atoms with Gasteiger partial charge in [0.2, 0.25) is 5.91 Å². The molecule has 162 valence electrons. The third-order valence-electron chi connectivity index (χ3n) is 5.57. The van der Waals surface area contributed by atoms with Gasteiger partial charge in [0.25, 0.3) is 0 Å². The molecule has 1 unspecified atom stereocenters. The summed E-state index contributed by atoms with van der Waals surface area (Å²) in [5.74, 6) is 1.14. The van der Waals surface area contributed by atoms with Gasteiger partial charge in [-0.1, -0.05) is 12.1 Å². The third-order valence-corrected chi connectivity index (χ3v) is 6.51. The molecule has 0 saturated carbocycles. The van der Waals surface area contributed by atoms with Gasteiger partial charge in [0, 0.05) is 23.5 Å². The second kappa shape index (κ2) is 9.47. The molecule has 1 atom stereocenters. The Morgan fingerprint density at radius 1 is 1.19 bits per heavy atom. The average Bonchev–Trinajstić information content (AvgIpc) is 3.43. The Labute approximate surface area is 185 Å². The zero-order valence-corrected chi connectivity index (χ0v) is 18.5. The van der Waals surface area contributed by atoms with Crippen LogP contribution in [0, 0.1) is 5.82 Å². The number of carbonyl (C=O) groups excluding carboxylic acids is 1. The molecule has 7 heteroatoms. The summed E-state index contributed by atoms with van der Waals surface area (Å²) in [6.07, 6.45) is 2.86. The number of benzene rings is 2. The number of amides is 1. The second-order valence-corrected chi connectivity index (χ2v) is 8.47. The highest BCUT2D eigenvalue weighted by molar-refractivity contribution is 7.13. The molecule has 3 aromatic rings. The minimum atomic E-state index is -0.237. The van der Waals surface area contributed by atoms with Crippen molar-refractivity contribution in [3.63, 3.8) is 0 Å². The van der Waals surface area contributed by atoms with Crippen molar-refractivity contribution in [3.05, 3.63) is 64.9 Å². The molecule has 1 saturated heterocycles. The highest BCUT2D eigenvalue weighted by Gasteiger charge is 2.29. The molecule has 1 aliphatic rings. The molecule has 4 rings (SSSR count). The summed E-state index contributed by atoms with van der Waals surface area (Å²) in [5, 5.41) is 2.77. The van der Waals surface area contributed by atoms with Crippen LogP contribution in [0.1, 0.15) is 24.1 Å². The van der Waals surface area contributed by atoms with Gasteiger partial charge in [-0.2, -0.15) is 0 Å². The van der Waals surface area contributed by atoms with E-state index in [4.69, 9.17) is 9.47 Å². The van der Waals surface area contributed by atoms with Crippen LogP contribution in [0.2, 0.25) is 0 Å². The van der Waals surface area contributed by atoms with Gasteiger partial charge in [0.1, 0.15) is 10.8 Å². The first-order valence-corrected chi connectivity index (χ1v) is 11.2. The van der Waals surface area contributed by atoms with Crippen LogP contribution >= 0.6 is 11.3 Å². The number of thiazole rings is 1. The zero-order chi connectivity index (χ0) is 21.8. The van der Waals surface area contributed by atoms with Crippen molar-refractivity contribution in [3.8, 4) is 22.1 Å². The van der Waals surface area contributed by atoms with Crippen LogP contribution in [0.4, 0.5) is 4.39 Å². The Morgan fingerprint density at radius 3 is 2.81 bits per heavy atom. The van der Waals surface area contributed by atoms with Crippen molar-refractivity contribution in [2.75, 3.05) is 20.8 Å².